The Morgan fingerprint density at radius 2 is 1.95 bits per heavy atom. The fourth-order valence-electron chi connectivity index (χ4n) is 1.79. The SMILES string of the molecule is C=CCOC(=O)N1CCN(C(=O)C(F)(F)F)C(C(=O)O)C1. The molecule has 1 saturated heterocycles. The zero-order valence-electron chi connectivity index (χ0n) is 10.8. The molecule has 0 aliphatic carbocycles. The van der Waals surface area contributed by atoms with E-state index >= 15 is 0 Å². The summed E-state index contributed by atoms with van der Waals surface area (Å²) >= 11 is 0. The second-order valence-corrected chi connectivity index (χ2v) is 4.16. The van der Waals surface area contributed by atoms with E-state index < -0.39 is 43.3 Å². The summed E-state index contributed by atoms with van der Waals surface area (Å²) in [6.07, 6.45) is -4.75. The van der Waals surface area contributed by atoms with Crippen LogP contribution >= 0.6 is 0 Å². The Kier molecular flexibility index (Phi) is 5.17. The third-order valence-electron chi connectivity index (χ3n) is 2.75. The van der Waals surface area contributed by atoms with Crippen LogP contribution in [-0.2, 0) is 14.3 Å². The van der Waals surface area contributed by atoms with Gasteiger partial charge in [0, 0.05) is 13.1 Å². The van der Waals surface area contributed by atoms with Gasteiger partial charge >= 0.3 is 24.1 Å². The van der Waals surface area contributed by atoms with Crippen molar-refractivity contribution in [1.82, 2.24) is 9.80 Å². The number of alkyl halides is 3. The van der Waals surface area contributed by atoms with Gasteiger partial charge in [0.1, 0.15) is 12.6 Å². The van der Waals surface area contributed by atoms with Gasteiger partial charge in [-0.05, 0) is 0 Å². The van der Waals surface area contributed by atoms with Gasteiger partial charge in [-0.2, -0.15) is 13.2 Å². The minimum Gasteiger partial charge on any atom is -0.480 e. The first-order valence-electron chi connectivity index (χ1n) is 5.81. The van der Waals surface area contributed by atoms with Crippen LogP contribution < -0.4 is 0 Å². The maximum Gasteiger partial charge on any atom is 0.471 e. The van der Waals surface area contributed by atoms with E-state index in [0.29, 0.717) is 0 Å². The molecular weight excluding hydrogens is 297 g/mol. The Labute approximate surface area is 117 Å². The summed E-state index contributed by atoms with van der Waals surface area (Å²) < 4.78 is 41.8. The van der Waals surface area contributed by atoms with Gasteiger partial charge in [0.15, 0.2) is 0 Å². The van der Waals surface area contributed by atoms with E-state index in [1.54, 1.807) is 0 Å². The topological polar surface area (TPSA) is 87.2 Å². The molecule has 2 amide bonds. The number of carboxylic acid groups (broad SMARTS) is 1. The molecule has 0 bridgehead atoms. The van der Waals surface area contributed by atoms with Gasteiger partial charge in [0.2, 0.25) is 0 Å². The molecule has 1 aliphatic heterocycles. The Bertz CT molecular complexity index is 452. The van der Waals surface area contributed by atoms with Crippen molar-refractivity contribution in [2.45, 2.75) is 12.2 Å². The molecule has 0 aromatic rings. The number of piperazine rings is 1. The Hall–Kier alpha value is -2.26. The molecule has 0 saturated carbocycles. The van der Waals surface area contributed by atoms with Crippen LogP contribution in [0.2, 0.25) is 0 Å². The number of carboxylic acids is 1. The molecule has 1 unspecified atom stereocenters. The molecule has 0 radical (unpaired) electrons. The van der Waals surface area contributed by atoms with Crippen LogP contribution in [0.25, 0.3) is 0 Å². The first-order valence-corrected chi connectivity index (χ1v) is 5.81. The highest BCUT2D eigenvalue weighted by Gasteiger charge is 2.48. The molecule has 0 spiro atoms. The van der Waals surface area contributed by atoms with E-state index in [9.17, 15) is 27.6 Å². The van der Waals surface area contributed by atoms with Crippen LogP contribution in [0, 0.1) is 0 Å². The summed E-state index contributed by atoms with van der Waals surface area (Å²) in [5.74, 6) is -3.87. The summed E-state index contributed by atoms with van der Waals surface area (Å²) in [6, 6.07) is -1.77. The summed E-state index contributed by atoms with van der Waals surface area (Å²) in [5.41, 5.74) is 0. The molecular formula is C11H13F3N2O5. The van der Waals surface area contributed by atoms with Crippen LogP contribution in [0.4, 0.5) is 18.0 Å². The maximum absolute atomic E-state index is 12.4. The van der Waals surface area contributed by atoms with Crippen molar-refractivity contribution in [3.8, 4) is 0 Å². The largest absolute Gasteiger partial charge is 0.480 e. The number of rotatable bonds is 3. The molecule has 0 aromatic heterocycles. The zero-order valence-corrected chi connectivity index (χ0v) is 10.8. The normalized spacial score (nSPS) is 19.1. The molecule has 118 valence electrons. The second kappa shape index (κ2) is 6.46. The lowest BCUT2D eigenvalue weighted by atomic mass is 10.1. The van der Waals surface area contributed by atoms with Crippen LogP contribution in [0.5, 0.6) is 0 Å². The molecule has 1 heterocycles. The lowest BCUT2D eigenvalue weighted by molar-refractivity contribution is -0.192. The Balaban J connectivity index is 2.82. The number of carbonyl (C=O) groups is 3. The van der Waals surface area contributed by atoms with E-state index in [2.05, 4.69) is 11.3 Å². The van der Waals surface area contributed by atoms with Crippen molar-refractivity contribution in [3.05, 3.63) is 12.7 Å². The van der Waals surface area contributed by atoms with E-state index in [4.69, 9.17) is 5.11 Å². The van der Waals surface area contributed by atoms with Gasteiger partial charge in [-0.25, -0.2) is 9.59 Å². The number of hydrogen-bond donors (Lipinski definition) is 1. The summed E-state index contributed by atoms with van der Waals surface area (Å²) in [5, 5.41) is 8.94. The van der Waals surface area contributed by atoms with Crippen molar-refractivity contribution < 1.29 is 37.4 Å². The van der Waals surface area contributed by atoms with Crippen LogP contribution in [0.1, 0.15) is 0 Å². The number of hydrogen-bond acceptors (Lipinski definition) is 4. The molecule has 1 rings (SSSR count). The third kappa shape index (κ3) is 4.10. The van der Waals surface area contributed by atoms with Crippen LogP contribution in [0.15, 0.2) is 12.7 Å². The average molecular weight is 310 g/mol. The second-order valence-electron chi connectivity index (χ2n) is 4.16. The van der Waals surface area contributed by atoms with E-state index in [1.165, 1.54) is 6.08 Å². The van der Waals surface area contributed by atoms with Crippen molar-refractivity contribution >= 4 is 18.0 Å². The van der Waals surface area contributed by atoms with Gasteiger partial charge in [0.05, 0.1) is 6.54 Å². The van der Waals surface area contributed by atoms with Gasteiger partial charge in [-0.3, -0.25) is 4.79 Å². The molecule has 1 atom stereocenters. The van der Waals surface area contributed by atoms with Crippen LogP contribution in [0.3, 0.4) is 0 Å². The quantitative estimate of drug-likeness (QED) is 0.766. The fourth-order valence-corrected chi connectivity index (χ4v) is 1.79. The molecule has 21 heavy (non-hydrogen) atoms. The van der Waals surface area contributed by atoms with Crippen molar-refractivity contribution in [1.29, 1.82) is 0 Å². The van der Waals surface area contributed by atoms with E-state index in [-0.39, 0.29) is 18.1 Å². The summed E-state index contributed by atoms with van der Waals surface area (Å²) in [7, 11) is 0. The van der Waals surface area contributed by atoms with Gasteiger partial charge in [-0.1, -0.05) is 12.7 Å². The molecule has 1 aliphatic rings. The highest BCUT2D eigenvalue weighted by atomic mass is 19.4. The molecule has 10 heteroatoms. The molecule has 0 aromatic carbocycles. The smallest absolute Gasteiger partial charge is 0.471 e. The number of aliphatic carboxylic acids is 1. The van der Waals surface area contributed by atoms with Gasteiger partial charge in [-0.15, -0.1) is 0 Å². The number of amides is 2. The Morgan fingerprint density at radius 3 is 2.43 bits per heavy atom. The van der Waals surface area contributed by atoms with Crippen molar-refractivity contribution in [3.63, 3.8) is 0 Å². The fraction of sp³-hybridized carbons (Fsp3) is 0.545. The number of halogens is 3. The number of ether oxygens (including phenoxy) is 1. The minimum absolute atomic E-state index is 0.113. The maximum atomic E-state index is 12.4. The predicted molar refractivity (Wildman–Crippen MR) is 62.3 cm³/mol. The van der Waals surface area contributed by atoms with E-state index in [1.807, 2.05) is 0 Å². The zero-order chi connectivity index (χ0) is 16.2. The first-order chi connectivity index (χ1) is 9.68. The summed E-state index contributed by atoms with van der Waals surface area (Å²) in [6.45, 7) is 1.83. The lowest BCUT2D eigenvalue weighted by Crippen LogP contribution is -2.61. The average Bonchev–Trinajstić information content (AvgIpc) is 2.42. The highest BCUT2D eigenvalue weighted by Crippen LogP contribution is 2.22. The molecule has 7 nitrogen and oxygen atoms in total. The first kappa shape index (κ1) is 16.8. The van der Waals surface area contributed by atoms with Gasteiger partial charge < -0.3 is 19.6 Å². The number of carbonyl (C=O) groups excluding carboxylic acids is 2. The lowest BCUT2D eigenvalue weighted by Gasteiger charge is -2.38. The monoisotopic (exact) mass is 310 g/mol. The number of nitrogens with zero attached hydrogens (tertiary/aromatic N) is 2. The standard InChI is InChI=1S/C11H13F3N2O5/c1-2-5-21-10(20)15-3-4-16(7(6-15)8(17)18)9(19)11(12,13)14/h2,7H,1,3-6H2,(H,17,18). The molecule has 1 fully saturated rings. The van der Waals surface area contributed by atoms with Crippen molar-refractivity contribution in [2.75, 3.05) is 26.2 Å². The third-order valence-corrected chi connectivity index (χ3v) is 2.75. The molecule has 1 N–H and O–H groups in total. The highest BCUT2D eigenvalue weighted by molar-refractivity contribution is 5.88. The Morgan fingerprint density at radius 1 is 1.33 bits per heavy atom. The van der Waals surface area contributed by atoms with E-state index in [0.717, 1.165) is 4.90 Å². The van der Waals surface area contributed by atoms with Gasteiger partial charge in [0.25, 0.3) is 0 Å². The van der Waals surface area contributed by atoms with Crippen LogP contribution in [-0.4, -0.2) is 71.3 Å². The predicted octanol–water partition coefficient (Wildman–Crippen LogP) is 0.469. The van der Waals surface area contributed by atoms with Crippen molar-refractivity contribution in [2.24, 2.45) is 0 Å². The summed E-state index contributed by atoms with van der Waals surface area (Å²) in [4.78, 5) is 34.9. The minimum atomic E-state index is -5.17.